The first-order valence-corrected chi connectivity index (χ1v) is 5.82. The average Bonchev–Trinajstić information content (AvgIpc) is 2.74. The van der Waals surface area contributed by atoms with E-state index in [0.29, 0.717) is 5.69 Å². The lowest BCUT2D eigenvalue weighted by Gasteiger charge is -2.14. The molecule has 0 radical (unpaired) electrons. The van der Waals surface area contributed by atoms with Crippen LogP contribution in [0.3, 0.4) is 0 Å². The van der Waals surface area contributed by atoms with E-state index in [1.54, 1.807) is 6.92 Å². The van der Waals surface area contributed by atoms with Gasteiger partial charge in [-0.2, -0.15) is 0 Å². The lowest BCUT2D eigenvalue weighted by Crippen LogP contribution is -2.30. The number of anilines is 1. The number of halogens is 2. The minimum absolute atomic E-state index is 0.0766. The molecule has 1 aromatic rings. The van der Waals surface area contributed by atoms with Crippen molar-refractivity contribution < 1.29 is 23.0 Å². The van der Waals surface area contributed by atoms with Gasteiger partial charge in [-0.05, 0) is 31.3 Å². The Bertz CT molecular complexity index is 593. The summed E-state index contributed by atoms with van der Waals surface area (Å²) in [6.07, 6.45) is -3.68. The molecule has 0 saturated carbocycles. The van der Waals surface area contributed by atoms with E-state index in [2.05, 4.69) is 14.8 Å². The maximum atomic E-state index is 12.9. The number of ether oxygens (including phenoxy) is 2. The van der Waals surface area contributed by atoms with Gasteiger partial charge in [0.2, 0.25) is 0 Å². The van der Waals surface area contributed by atoms with E-state index in [0.717, 1.165) is 0 Å². The van der Waals surface area contributed by atoms with E-state index in [1.807, 2.05) is 0 Å². The molecule has 0 unspecified atom stereocenters. The van der Waals surface area contributed by atoms with Crippen molar-refractivity contribution in [3.63, 3.8) is 0 Å². The summed E-state index contributed by atoms with van der Waals surface area (Å²) in [5.74, 6) is -0.458. The highest BCUT2D eigenvalue weighted by Crippen LogP contribution is 2.43. The molecule has 1 fully saturated rings. The molecule has 1 saturated heterocycles. The first kappa shape index (κ1) is 12.1. The Hall–Kier alpha value is -1.96. The van der Waals surface area contributed by atoms with E-state index in [9.17, 15) is 13.6 Å². The van der Waals surface area contributed by atoms with Crippen LogP contribution in [0.5, 0.6) is 11.5 Å². The molecule has 1 aromatic carbocycles. The smallest absolute Gasteiger partial charge is 0.395 e. The summed E-state index contributed by atoms with van der Waals surface area (Å²) in [4.78, 5) is 13.1. The summed E-state index contributed by atoms with van der Waals surface area (Å²) in [6.45, 7) is 1.66. The molecule has 1 amide bonds. The van der Waals surface area contributed by atoms with Gasteiger partial charge in [0.15, 0.2) is 16.6 Å². The molecule has 0 aromatic heterocycles. The second-order valence-electron chi connectivity index (χ2n) is 4.14. The number of hydrogen-bond acceptors (Lipinski definition) is 4. The van der Waals surface area contributed by atoms with E-state index >= 15 is 0 Å². The first-order valence-electron chi connectivity index (χ1n) is 5.42. The van der Waals surface area contributed by atoms with Gasteiger partial charge in [0, 0.05) is 6.07 Å². The predicted molar refractivity (Wildman–Crippen MR) is 65.3 cm³/mol. The molecule has 5 nitrogen and oxygen atoms in total. The van der Waals surface area contributed by atoms with E-state index < -0.39 is 12.3 Å². The van der Waals surface area contributed by atoms with Gasteiger partial charge in [0.1, 0.15) is 6.04 Å². The van der Waals surface area contributed by atoms with Crippen LogP contribution in [-0.4, -0.2) is 23.4 Å². The number of fused-ring (bicyclic) bond motifs is 1. The van der Waals surface area contributed by atoms with Crippen molar-refractivity contribution in [1.82, 2.24) is 5.32 Å². The highest BCUT2D eigenvalue weighted by molar-refractivity contribution is 7.80. The quantitative estimate of drug-likeness (QED) is 0.795. The zero-order chi connectivity index (χ0) is 13.8. The Morgan fingerprint density at radius 3 is 2.68 bits per heavy atom. The molecule has 1 N–H and O–H groups in total. The molecule has 0 bridgehead atoms. The van der Waals surface area contributed by atoms with Crippen LogP contribution in [-0.2, 0) is 4.79 Å². The third-order valence-corrected chi connectivity index (χ3v) is 3.08. The van der Waals surface area contributed by atoms with Crippen LogP contribution in [0.25, 0.3) is 0 Å². The van der Waals surface area contributed by atoms with Crippen LogP contribution in [0.1, 0.15) is 6.92 Å². The molecule has 2 heterocycles. The minimum atomic E-state index is -3.68. The Morgan fingerprint density at radius 1 is 1.37 bits per heavy atom. The Morgan fingerprint density at radius 2 is 2.05 bits per heavy atom. The zero-order valence-electron chi connectivity index (χ0n) is 9.65. The summed E-state index contributed by atoms with van der Waals surface area (Å²) in [5, 5.41) is 3.01. The van der Waals surface area contributed by atoms with Crippen LogP contribution in [0.15, 0.2) is 18.2 Å². The Kier molecular flexibility index (Phi) is 2.40. The SMILES string of the molecule is C[C@@H]1NC(=S)N(c2ccc3c(c2)OC(F)(F)O3)C1=O. The van der Waals surface area contributed by atoms with Crippen molar-refractivity contribution >= 4 is 28.9 Å². The summed E-state index contributed by atoms with van der Waals surface area (Å²) in [7, 11) is 0. The van der Waals surface area contributed by atoms with Gasteiger partial charge in [-0.25, -0.2) is 0 Å². The lowest BCUT2D eigenvalue weighted by molar-refractivity contribution is -0.286. The van der Waals surface area contributed by atoms with Gasteiger partial charge in [-0.3, -0.25) is 9.69 Å². The normalized spacial score (nSPS) is 23.7. The number of carbonyl (C=O) groups is 1. The number of alkyl halides is 2. The standard InChI is InChI=1S/C11H8F2N2O3S/c1-5-9(16)15(10(19)14-5)6-2-3-7-8(4-6)18-11(12,13)17-7/h2-5H,1H3,(H,14,19)/t5-/m0/s1. The largest absolute Gasteiger partial charge is 0.586 e. The summed E-state index contributed by atoms with van der Waals surface area (Å²) < 4.78 is 34.4. The lowest BCUT2D eigenvalue weighted by atomic mass is 10.2. The predicted octanol–water partition coefficient (Wildman–Crippen LogP) is 1.62. The topological polar surface area (TPSA) is 50.8 Å². The van der Waals surface area contributed by atoms with Gasteiger partial charge < -0.3 is 14.8 Å². The Labute approximate surface area is 112 Å². The molecule has 100 valence electrons. The number of rotatable bonds is 1. The maximum Gasteiger partial charge on any atom is 0.586 e. The highest BCUT2D eigenvalue weighted by Gasteiger charge is 2.44. The number of nitrogens with zero attached hydrogens (tertiary/aromatic N) is 1. The van der Waals surface area contributed by atoms with Gasteiger partial charge in [-0.1, -0.05) is 0 Å². The van der Waals surface area contributed by atoms with Crippen molar-refractivity contribution in [3.8, 4) is 11.5 Å². The molecule has 2 aliphatic heterocycles. The third-order valence-electron chi connectivity index (χ3n) is 2.78. The average molecular weight is 286 g/mol. The Balaban J connectivity index is 1.97. The fourth-order valence-electron chi connectivity index (χ4n) is 1.93. The molecular formula is C11H8F2N2O3S. The monoisotopic (exact) mass is 286 g/mol. The van der Waals surface area contributed by atoms with E-state index in [-0.39, 0.29) is 22.5 Å². The van der Waals surface area contributed by atoms with Crippen molar-refractivity contribution in [1.29, 1.82) is 0 Å². The summed E-state index contributed by atoms with van der Waals surface area (Å²) in [5.41, 5.74) is 0.354. The van der Waals surface area contributed by atoms with Crippen LogP contribution >= 0.6 is 12.2 Å². The van der Waals surface area contributed by atoms with Crippen molar-refractivity contribution in [3.05, 3.63) is 18.2 Å². The molecule has 8 heteroatoms. The fraction of sp³-hybridized carbons (Fsp3) is 0.273. The van der Waals surface area contributed by atoms with Crippen LogP contribution < -0.4 is 19.7 Å². The van der Waals surface area contributed by atoms with Gasteiger partial charge >= 0.3 is 6.29 Å². The van der Waals surface area contributed by atoms with Gasteiger partial charge in [0.05, 0.1) is 5.69 Å². The van der Waals surface area contributed by atoms with Crippen LogP contribution in [0.2, 0.25) is 0 Å². The van der Waals surface area contributed by atoms with Gasteiger partial charge in [-0.15, -0.1) is 8.78 Å². The third kappa shape index (κ3) is 1.88. The van der Waals surface area contributed by atoms with Gasteiger partial charge in [0.25, 0.3) is 5.91 Å². The fourth-order valence-corrected chi connectivity index (χ4v) is 2.30. The second kappa shape index (κ2) is 3.77. The molecular weight excluding hydrogens is 278 g/mol. The van der Waals surface area contributed by atoms with E-state index in [1.165, 1.54) is 23.1 Å². The van der Waals surface area contributed by atoms with Crippen molar-refractivity contribution in [2.24, 2.45) is 0 Å². The first-order chi connectivity index (χ1) is 8.87. The minimum Gasteiger partial charge on any atom is -0.395 e. The maximum absolute atomic E-state index is 12.9. The number of carbonyl (C=O) groups excluding carboxylic acids is 1. The van der Waals surface area contributed by atoms with Crippen molar-refractivity contribution in [2.75, 3.05) is 4.90 Å². The number of hydrogen-bond donors (Lipinski definition) is 1. The molecule has 19 heavy (non-hydrogen) atoms. The molecule has 0 aliphatic carbocycles. The molecule has 3 rings (SSSR count). The number of thiocarbonyl (C=S) groups is 1. The van der Waals surface area contributed by atoms with E-state index in [4.69, 9.17) is 12.2 Å². The van der Waals surface area contributed by atoms with Crippen LogP contribution in [0, 0.1) is 0 Å². The molecule has 2 aliphatic rings. The summed E-state index contributed by atoms with van der Waals surface area (Å²) >= 11 is 5.02. The summed E-state index contributed by atoms with van der Waals surface area (Å²) in [6, 6.07) is 3.62. The number of amides is 1. The number of benzene rings is 1. The van der Waals surface area contributed by atoms with Crippen LogP contribution in [0.4, 0.5) is 14.5 Å². The molecule has 0 spiro atoms. The molecule has 1 atom stereocenters. The highest BCUT2D eigenvalue weighted by atomic mass is 32.1. The zero-order valence-corrected chi connectivity index (χ0v) is 10.5. The number of nitrogens with one attached hydrogen (secondary N) is 1. The van der Waals surface area contributed by atoms with Crippen molar-refractivity contribution in [2.45, 2.75) is 19.3 Å². The second-order valence-corrected chi connectivity index (χ2v) is 4.53.